The number of ether oxygens (including phenoxy) is 2. The first-order valence-electron chi connectivity index (χ1n) is 5.22. The van der Waals surface area contributed by atoms with Crippen molar-refractivity contribution in [2.45, 2.75) is 6.42 Å². The van der Waals surface area contributed by atoms with Crippen LogP contribution in [0.15, 0.2) is 36.4 Å². The number of methoxy groups -OCH3 is 1. The van der Waals surface area contributed by atoms with Gasteiger partial charge in [-0.25, -0.2) is 0 Å². The van der Waals surface area contributed by atoms with Crippen molar-refractivity contribution in [3.05, 3.63) is 53.6 Å². The van der Waals surface area contributed by atoms with E-state index in [2.05, 4.69) is 12.1 Å². The molecule has 1 heterocycles. The summed E-state index contributed by atoms with van der Waals surface area (Å²) in [4.78, 5) is 0. The number of para-hydroxylation sites is 1. The Kier molecular flexibility index (Phi) is 2.07. The molecule has 2 aromatic carbocycles. The van der Waals surface area contributed by atoms with E-state index in [0.717, 1.165) is 29.2 Å². The first-order valence-corrected chi connectivity index (χ1v) is 5.22. The summed E-state index contributed by atoms with van der Waals surface area (Å²) in [5, 5.41) is 0. The van der Waals surface area contributed by atoms with Crippen molar-refractivity contribution in [3.63, 3.8) is 0 Å². The molecule has 0 N–H and O–H groups in total. The van der Waals surface area contributed by atoms with E-state index >= 15 is 0 Å². The predicted molar refractivity (Wildman–Crippen MR) is 61.2 cm³/mol. The molecule has 0 saturated heterocycles. The molecule has 16 heavy (non-hydrogen) atoms. The first-order chi connectivity index (χ1) is 7.86. The largest absolute Gasteiger partial charge is 0.496 e. The molecule has 0 aromatic heterocycles. The molecule has 0 fully saturated rings. The molecule has 3 rings (SSSR count). The molecule has 0 atom stereocenters. The van der Waals surface area contributed by atoms with Gasteiger partial charge in [-0.05, 0) is 23.8 Å². The molecule has 1 aliphatic heterocycles. The molecule has 2 nitrogen and oxygen atoms in total. The van der Waals surface area contributed by atoms with Crippen LogP contribution in [0.1, 0.15) is 11.1 Å². The monoisotopic (exact) mass is 211 g/mol. The van der Waals surface area contributed by atoms with Gasteiger partial charge >= 0.3 is 0 Å². The second-order valence-electron chi connectivity index (χ2n) is 3.76. The minimum absolute atomic E-state index is 0.752. The van der Waals surface area contributed by atoms with Crippen LogP contribution in [0.4, 0.5) is 0 Å². The van der Waals surface area contributed by atoms with Crippen molar-refractivity contribution < 1.29 is 9.47 Å². The Labute approximate surface area is 94.4 Å². The maximum absolute atomic E-state index is 5.79. The van der Waals surface area contributed by atoms with Crippen molar-refractivity contribution >= 4 is 0 Å². The molecule has 2 heteroatoms. The van der Waals surface area contributed by atoms with Crippen molar-refractivity contribution in [1.29, 1.82) is 0 Å². The molecular weight excluding hydrogens is 200 g/mol. The molecule has 0 spiro atoms. The number of hydrogen-bond donors (Lipinski definition) is 0. The molecule has 2 aromatic rings. The van der Waals surface area contributed by atoms with Gasteiger partial charge in [0.2, 0.25) is 0 Å². The molecule has 0 bridgehead atoms. The quantitative estimate of drug-likeness (QED) is 0.615. The highest BCUT2D eigenvalue weighted by Gasteiger charge is 2.16. The molecule has 79 valence electrons. The Morgan fingerprint density at radius 1 is 1.12 bits per heavy atom. The zero-order chi connectivity index (χ0) is 11.0. The van der Waals surface area contributed by atoms with Crippen LogP contribution >= 0.6 is 0 Å². The number of hydrogen-bond acceptors (Lipinski definition) is 2. The highest BCUT2D eigenvalue weighted by Crippen LogP contribution is 2.37. The van der Waals surface area contributed by atoms with E-state index in [1.807, 2.05) is 30.3 Å². The van der Waals surface area contributed by atoms with Gasteiger partial charge in [0.05, 0.1) is 7.11 Å². The average molecular weight is 211 g/mol. The summed E-state index contributed by atoms with van der Waals surface area (Å²) in [6.45, 7) is 0. The maximum atomic E-state index is 5.79. The molecule has 0 amide bonds. The van der Waals surface area contributed by atoms with Crippen molar-refractivity contribution in [3.8, 4) is 17.2 Å². The normalized spacial score (nSPS) is 12.3. The third kappa shape index (κ3) is 1.43. The van der Waals surface area contributed by atoms with E-state index in [-0.39, 0.29) is 0 Å². The second kappa shape index (κ2) is 3.56. The van der Waals surface area contributed by atoms with Crippen LogP contribution in [0.3, 0.4) is 0 Å². The van der Waals surface area contributed by atoms with Gasteiger partial charge in [0, 0.05) is 18.1 Å². The Hall–Kier alpha value is -1.96. The lowest BCUT2D eigenvalue weighted by Crippen LogP contribution is -2.03. The Morgan fingerprint density at radius 2 is 2.00 bits per heavy atom. The third-order valence-corrected chi connectivity index (χ3v) is 2.74. The molecular formula is C14H11O2. The van der Waals surface area contributed by atoms with Gasteiger partial charge in [-0.1, -0.05) is 18.2 Å². The number of rotatable bonds is 1. The summed E-state index contributed by atoms with van der Waals surface area (Å²) in [5.74, 6) is 2.56. The summed E-state index contributed by atoms with van der Waals surface area (Å²) in [6, 6.07) is 15.1. The van der Waals surface area contributed by atoms with E-state index in [1.54, 1.807) is 7.11 Å². The Morgan fingerprint density at radius 3 is 2.88 bits per heavy atom. The SMILES string of the molecule is COc1[c]c2c(cc1)Oc1ccccc1C2. The minimum atomic E-state index is 0.752. The van der Waals surface area contributed by atoms with Crippen molar-refractivity contribution in [2.24, 2.45) is 0 Å². The summed E-state index contributed by atoms with van der Waals surface area (Å²) >= 11 is 0. The van der Waals surface area contributed by atoms with Crippen molar-refractivity contribution in [1.82, 2.24) is 0 Å². The first kappa shape index (κ1) is 9.28. The molecule has 0 unspecified atom stereocenters. The number of fused-ring (bicyclic) bond motifs is 2. The maximum Gasteiger partial charge on any atom is 0.131 e. The number of benzene rings is 2. The van der Waals surface area contributed by atoms with E-state index < -0.39 is 0 Å². The van der Waals surface area contributed by atoms with Crippen LogP contribution in [0.25, 0.3) is 0 Å². The van der Waals surface area contributed by atoms with Gasteiger partial charge in [0.1, 0.15) is 17.2 Å². The van der Waals surface area contributed by atoms with Gasteiger partial charge in [0.25, 0.3) is 0 Å². The average Bonchev–Trinajstić information content (AvgIpc) is 2.35. The van der Waals surface area contributed by atoms with Gasteiger partial charge in [-0.15, -0.1) is 0 Å². The lowest BCUT2D eigenvalue weighted by atomic mass is 10.0. The second-order valence-corrected chi connectivity index (χ2v) is 3.76. The highest BCUT2D eigenvalue weighted by atomic mass is 16.5. The smallest absolute Gasteiger partial charge is 0.131 e. The summed E-state index contributed by atoms with van der Waals surface area (Å²) in [7, 11) is 1.65. The van der Waals surface area contributed by atoms with Crippen LogP contribution < -0.4 is 9.47 Å². The van der Waals surface area contributed by atoms with Crippen LogP contribution in [0.2, 0.25) is 0 Å². The summed E-state index contributed by atoms with van der Waals surface area (Å²) in [5.41, 5.74) is 2.25. The van der Waals surface area contributed by atoms with Crippen LogP contribution in [0.5, 0.6) is 17.2 Å². The fourth-order valence-electron chi connectivity index (χ4n) is 1.91. The van der Waals surface area contributed by atoms with Gasteiger partial charge < -0.3 is 9.47 Å². The highest BCUT2D eigenvalue weighted by molar-refractivity contribution is 5.51. The summed E-state index contributed by atoms with van der Waals surface area (Å²) < 4.78 is 10.9. The van der Waals surface area contributed by atoms with Gasteiger partial charge in [0.15, 0.2) is 0 Å². The van der Waals surface area contributed by atoms with E-state index in [4.69, 9.17) is 9.47 Å². The summed E-state index contributed by atoms with van der Waals surface area (Å²) in [6.07, 6.45) is 0.850. The zero-order valence-electron chi connectivity index (χ0n) is 8.99. The standard InChI is InChI=1S/C14H11O2/c1-15-12-6-7-14-11(9-12)8-10-4-2-3-5-13(10)16-14/h2-7H,8H2,1H3. The van der Waals surface area contributed by atoms with E-state index in [9.17, 15) is 0 Å². The molecule has 0 aliphatic carbocycles. The Bertz CT molecular complexity index is 532. The molecule has 1 aliphatic rings. The lowest BCUT2D eigenvalue weighted by Gasteiger charge is -2.20. The molecule has 1 radical (unpaired) electrons. The van der Waals surface area contributed by atoms with E-state index in [1.165, 1.54) is 5.56 Å². The van der Waals surface area contributed by atoms with Crippen LogP contribution in [-0.2, 0) is 6.42 Å². The fraction of sp³-hybridized carbons (Fsp3) is 0.143. The molecule has 0 saturated carbocycles. The zero-order valence-corrected chi connectivity index (χ0v) is 8.99. The minimum Gasteiger partial charge on any atom is -0.496 e. The van der Waals surface area contributed by atoms with Crippen LogP contribution in [-0.4, -0.2) is 7.11 Å². The third-order valence-electron chi connectivity index (χ3n) is 2.74. The van der Waals surface area contributed by atoms with Crippen LogP contribution in [0, 0.1) is 6.07 Å². The lowest BCUT2D eigenvalue weighted by molar-refractivity contribution is 0.409. The van der Waals surface area contributed by atoms with E-state index in [0.29, 0.717) is 0 Å². The Balaban J connectivity index is 2.05. The fourth-order valence-corrected chi connectivity index (χ4v) is 1.91. The van der Waals surface area contributed by atoms with Gasteiger partial charge in [-0.3, -0.25) is 0 Å². The topological polar surface area (TPSA) is 18.5 Å². The van der Waals surface area contributed by atoms with Gasteiger partial charge in [-0.2, -0.15) is 0 Å². The van der Waals surface area contributed by atoms with Crippen molar-refractivity contribution in [2.75, 3.05) is 7.11 Å². The predicted octanol–water partition coefficient (Wildman–Crippen LogP) is 3.19.